The third-order valence-electron chi connectivity index (χ3n) is 6.68. The van der Waals surface area contributed by atoms with Gasteiger partial charge in [0.25, 0.3) is 11.8 Å². The number of carbonyl (C=O) groups is 3. The van der Waals surface area contributed by atoms with Crippen LogP contribution < -0.4 is 15.5 Å². The second kappa shape index (κ2) is 7.47. The number of carbonyl (C=O) groups excluding carboxylic acids is 3. The molecular weight excluding hydrogens is 448 g/mol. The number of hydrogen-bond donors (Lipinski definition) is 2. The van der Waals surface area contributed by atoms with Crippen molar-refractivity contribution in [3.8, 4) is 0 Å². The molecule has 2 N–H and O–H groups in total. The zero-order valence-corrected chi connectivity index (χ0v) is 18.3. The summed E-state index contributed by atoms with van der Waals surface area (Å²) in [7, 11) is 0. The summed E-state index contributed by atoms with van der Waals surface area (Å²) in [5, 5.41) is 10.2. The van der Waals surface area contributed by atoms with Crippen molar-refractivity contribution in [2.75, 3.05) is 36.4 Å². The van der Waals surface area contributed by atoms with Gasteiger partial charge in [0.05, 0.1) is 12.6 Å². The molecule has 2 aromatic rings. The fraction of sp³-hybridized carbons (Fsp3) is 0.500. The van der Waals surface area contributed by atoms with Crippen LogP contribution in [0.2, 0.25) is 0 Å². The number of alkyl halides is 2. The standard InChI is InChI=1S/C22H23F2N7O3/c23-22(24)10-15(22)21(34)30-5-3-29(4-6-30)16-9-17(26-14-1-2-14)31-19(27-16)13(11-25-31)7-12-8-18(32)28-20(12)33/h7,9,11,14-15,26H,1-6,8,10H2,(H,28,32,33)/b12-7+. The third kappa shape index (κ3) is 3.76. The molecule has 0 radical (unpaired) electrons. The SMILES string of the molecule is O=C1C/C(=C\c2cnn3c(NC4CC4)cc(N4CCN(C(=O)C5CC5(F)F)CC4)nc23)C(=O)N1. The number of imide groups is 1. The summed E-state index contributed by atoms with van der Waals surface area (Å²) >= 11 is 0. The van der Waals surface area contributed by atoms with E-state index >= 15 is 0 Å². The van der Waals surface area contributed by atoms with Crippen LogP contribution in [-0.2, 0) is 14.4 Å². The molecule has 2 aliphatic carbocycles. The molecule has 4 aliphatic rings. The fourth-order valence-electron chi connectivity index (χ4n) is 4.44. The average molecular weight is 471 g/mol. The lowest BCUT2D eigenvalue weighted by Crippen LogP contribution is -2.50. The molecule has 12 heteroatoms. The fourth-order valence-corrected chi connectivity index (χ4v) is 4.44. The number of rotatable bonds is 5. The molecule has 4 fully saturated rings. The number of amides is 3. The maximum atomic E-state index is 13.3. The maximum absolute atomic E-state index is 13.3. The number of piperazine rings is 1. The first kappa shape index (κ1) is 21.0. The van der Waals surface area contributed by atoms with Crippen LogP contribution in [0.5, 0.6) is 0 Å². The highest BCUT2D eigenvalue weighted by molar-refractivity contribution is 6.15. The summed E-state index contributed by atoms with van der Waals surface area (Å²) in [6.45, 7) is 1.64. The van der Waals surface area contributed by atoms with Gasteiger partial charge in [-0.3, -0.25) is 19.7 Å². The van der Waals surface area contributed by atoms with Crippen LogP contribution in [-0.4, -0.2) is 75.4 Å². The first-order valence-corrected chi connectivity index (χ1v) is 11.4. The first-order valence-electron chi connectivity index (χ1n) is 11.4. The summed E-state index contributed by atoms with van der Waals surface area (Å²) in [6.07, 6.45) is 5.02. The summed E-state index contributed by atoms with van der Waals surface area (Å²) in [4.78, 5) is 44.2. The first-order chi connectivity index (χ1) is 16.3. The number of hydrogen-bond acceptors (Lipinski definition) is 7. The minimum Gasteiger partial charge on any atom is -0.367 e. The lowest BCUT2D eigenvalue weighted by atomic mass is 10.1. The van der Waals surface area contributed by atoms with E-state index in [1.807, 2.05) is 11.0 Å². The molecule has 2 saturated heterocycles. The molecular formula is C22H23F2N7O3. The molecule has 1 unspecified atom stereocenters. The molecule has 0 aromatic carbocycles. The lowest BCUT2D eigenvalue weighted by molar-refractivity contribution is -0.135. The molecule has 0 spiro atoms. The van der Waals surface area contributed by atoms with Gasteiger partial charge in [-0.15, -0.1) is 0 Å². The molecule has 4 heterocycles. The summed E-state index contributed by atoms with van der Waals surface area (Å²) in [5.41, 5.74) is 1.51. The summed E-state index contributed by atoms with van der Waals surface area (Å²) < 4.78 is 28.3. The number of fused-ring (bicyclic) bond motifs is 1. The topological polar surface area (TPSA) is 112 Å². The van der Waals surface area contributed by atoms with Gasteiger partial charge < -0.3 is 15.1 Å². The molecule has 2 aromatic heterocycles. The molecule has 1 atom stereocenters. The zero-order valence-electron chi connectivity index (χ0n) is 18.3. The molecule has 34 heavy (non-hydrogen) atoms. The highest BCUT2D eigenvalue weighted by Gasteiger charge is 2.62. The van der Waals surface area contributed by atoms with Crippen LogP contribution >= 0.6 is 0 Å². The Hall–Kier alpha value is -3.57. The van der Waals surface area contributed by atoms with Crippen molar-refractivity contribution >= 4 is 41.1 Å². The van der Waals surface area contributed by atoms with E-state index in [2.05, 4.69) is 15.7 Å². The number of halogens is 2. The van der Waals surface area contributed by atoms with Crippen molar-refractivity contribution in [2.24, 2.45) is 5.92 Å². The minimum absolute atomic E-state index is 0.0130. The van der Waals surface area contributed by atoms with Gasteiger partial charge in [-0.2, -0.15) is 9.61 Å². The highest BCUT2D eigenvalue weighted by Crippen LogP contribution is 2.49. The van der Waals surface area contributed by atoms with Crippen LogP contribution in [0, 0.1) is 5.92 Å². The van der Waals surface area contributed by atoms with E-state index in [-0.39, 0.29) is 18.7 Å². The molecule has 0 bridgehead atoms. The van der Waals surface area contributed by atoms with E-state index < -0.39 is 23.7 Å². The van der Waals surface area contributed by atoms with E-state index in [0.29, 0.717) is 54.8 Å². The molecule has 178 valence electrons. The van der Waals surface area contributed by atoms with Gasteiger partial charge in [0.1, 0.15) is 17.6 Å². The Morgan fingerprint density at radius 2 is 1.94 bits per heavy atom. The average Bonchev–Trinajstić information content (AvgIpc) is 3.66. The van der Waals surface area contributed by atoms with Crippen LogP contribution in [0.4, 0.5) is 20.4 Å². The summed E-state index contributed by atoms with van der Waals surface area (Å²) in [6, 6.07) is 2.26. The van der Waals surface area contributed by atoms with E-state index in [1.54, 1.807) is 16.8 Å². The Morgan fingerprint density at radius 1 is 1.21 bits per heavy atom. The second-order valence-corrected chi connectivity index (χ2v) is 9.31. The van der Waals surface area contributed by atoms with Crippen LogP contribution in [0.15, 0.2) is 17.8 Å². The van der Waals surface area contributed by atoms with E-state index in [1.165, 1.54) is 4.90 Å². The van der Waals surface area contributed by atoms with Crippen LogP contribution in [0.3, 0.4) is 0 Å². The van der Waals surface area contributed by atoms with Crippen molar-refractivity contribution in [3.63, 3.8) is 0 Å². The van der Waals surface area contributed by atoms with Gasteiger partial charge in [0.15, 0.2) is 5.65 Å². The van der Waals surface area contributed by atoms with Gasteiger partial charge in [0.2, 0.25) is 11.8 Å². The Labute approximate surface area is 193 Å². The van der Waals surface area contributed by atoms with E-state index in [9.17, 15) is 23.2 Å². The Bertz CT molecular complexity index is 1240. The second-order valence-electron chi connectivity index (χ2n) is 9.31. The Balaban J connectivity index is 1.27. The van der Waals surface area contributed by atoms with Gasteiger partial charge in [-0.05, 0) is 18.9 Å². The smallest absolute Gasteiger partial charge is 0.260 e. The third-order valence-corrected chi connectivity index (χ3v) is 6.68. The van der Waals surface area contributed by atoms with Gasteiger partial charge >= 0.3 is 0 Å². The number of nitrogens with zero attached hydrogens (tertiary/aromatic N) is 5. The quantitative estimate of drug-likeness (QED) is 0.495. The van der Waals surface area contributed by atoms with Crippen molar-refractivity contribution in [1.29, 1.82) is 0 Å². The van der Waals surface area contributed by atoms with Gasteiger partial charge in [-0.1, -0.05) is 0 Å². The van der Waals surface area contributed by atoms with Crippen molar-refractivity contribution < 1.29 is 23.2 Å². The highest BCUT2D eigenvalue weighted by atomic mass is 19.3. The zero-order chi connectivity index (χ0) is 23.6. The summed E-state index contributed by atoms with van der Waals surface area (Å²) in [5.74, 6) is -3.84. The number of aromatic nitrogens is 3. The minimum atomic E-state index is -2.86. The van der Waals surface area contributed by atoms with Crippen LogP contribution in [0.25, 0.3) is 11.7 Å². The molecule has 6 rings (SSSR count). The van der Waals surface area contributed by atoms with Crippen LogP contribution in [0.1, 0.15) is 31.2 Å². The molecule has 10 nitrogen and oxygen atoms in total. The Morgan fingerprint density at radius 3 is 2.56 bits per heavy atom. The van der Waals surface area contributed by atoms with E-state index in [0.717, 1.165) is 18.7 Å². The van der Waals surface area contributed by atoms with E-state index in [4.69, 9.17) is 4.98 Å². The molecule has 2 aliphatic heterocycles. The largest absolute Gasteiger partial charge is 0.367 e. The number of nitrogens with one attached hydrogen (secondary N) is 2. The van der Waals surface area contributed by atoms with Gasteiger partial charge in [-0.25, -0.2) is 13.8 Å². The predicted octanol–water partition coefficient (Wildman–Crippen LogP) is 1.04. The van der Waals surface area contributed by atoms with Gasteiger partial charge in [0, 0.05) is 55.8 Å². The Kier molecular flexibility index (Phi) is 4.61. The lowest BCUT2D eigenvalue weighted by Gasteiger charge is -2.35. The molecule has 3 amide bonds. The monoisotopic (exact) mass is 471 g/mol. The maximum Gasteiger partial charge on any atom is 0.260 e. The normalized spacial score (nSPS) is 25.2. The van der Waals surface area contributed by atoms with Crippen molar-refractivity contribution in [1.82, 2.24) is 24.8 Å². The van der Waals surface area contributed by atoms with Crippen molar-refractivity contribution in [2.45, 2.75) is 37.6 Å². The molecule has 2 saturated carbocycles. The predicted molar refractivity (Wildman–Crippen MR) is 117 cm³/mol. The number of anilines is 2. The van der Waals surface area contributed by atoms with Crippen molar-refractivity contribution in [3.05, 3.63) is 23.4 Å².